The number of amides is 1. The van der Waals surface area contributed by atoms with Crippen LogP contribution in [0.25, 0.3) is 16.6 Å². The fourth-order valence-electron chi connectivity index (χ4n) is 5.57. The van der Waals surface area contributed by atoms with E-state index >= 15 is 0 Å². The van der Waals surface area contributed by atoms with Gasteiger partial charge < -0.3 is 10.1 Å². The third-order valence-corrected chi connectivity index (χ3v) is 8.14. The van der Waals surface area contributed by atoms with Crippen molar-refractivity contribution in [3.8, 4) is 5.69 Å². The Bertz CT molecular complexity index is 1660. The molecule has 0 radical (unpaired) electrons. The maximum Gasteiger partial charge on any atom is 0.339 e. The highest BCUT2D eigenvalue weighted by atomic mass is 16.5. The van der Waals surface area contributed by atoms with Gasteiger partial charge in [-0.3, -0.25) is 19.3 Å². The fourth-order valence-corrected chi connectivity index (χ4v) is 5.57. The highest BCUT2D eigenvalue weighted by Crippen LogP contribution is 2.39. The van der Waals surface area contributed by atoms with Crippen molar-refractivity contribution in [3.05, 3.63) is 87.5 Å². The van der Waals surface area contributed by atoms with Crippen molar-refractivity contribution in [1.82, 2.24) is 14.3 Å². The van der Waals surface area contributed by atoms with Crippen LogP contribution >= 0.6 is 0 Å². The van der Waals surface area contributed by atoms with Crippen LogP contribution in [0.5, 0.6) is 0 Å². The van der Waals surface area contributed by atoms with Crippen molar-refractivity contribution in [2.24, 2.45) is 18.4 Å². The molecular formula is C32H36N4O4. The van der Waals surface area contributed by atoms with E-state index in [0.717, 1.165) is 41.4 Å². The van der Waals surface area contributed by atoms with Crippen LogP contribution in [0.1, 0.15) is 61.4 Å². The molecule has 208 valence electrons. The lowest BCUT2D eigenvalue weighted by Crippen LogP contribution is -2.33. The zero-order valence-corrected chi connectivity index (χ0v) is 23.9. The molecule has 2 unspecified atom stereocenters. The van der Waals surface area contributed by atoms with Crippen LogP contribution in [0.3, 0.4) is 0 Å². The van der Waals surface area contributed by atoms with E-state index in [9.17, 15) is 14.4 Å². The first-order valence-corrected chi connectivity index (χ1v) is 13.7. The average Bonchev–Trinajstić information content (AvgIpc) is 3.13. The number of benzene rings is 2. The molecule has 2 aromatic carbocycles. The van der Waals surface area contributed by atoms with Crippen molar-refractivity contribution >= 4 is 28.5 Å². The van der Waals surface area contributed by atoms with E-state index in [1.54, 1.807) is 18.7 Å². The lowest BCUT2D eigenvalue weighted by Gasteiger charge is -2.35. The zero-order chi connectivity index (χ0) is 28.8. The minimum absolute atomic E-state index is 0.0812. The van der Waals surface area contributed by atoms with Crippen molar-refractivity contribution in [2.45, 2.75) is 60.0 Å². The maximum atomic E-state index is 13.7. The lowest BCUT2D eigenvalue weighted by atomic mass is 9.70. The summed E-state index contributed by atoms with van der Waals surface area (Å²) in [5, 5.41) is 3.43. The monoisotopic (exact) mass is 540 g/mol. The molecule has 0 fully saturated rings. The van der Waals surface area contributed by atoms with Crippen molar-refractivity contribution in [2.75, 3.05) is 5.32 Å². The quantitative estimate of drug-likeness (QED) is 0.344. The summed E-state index contributed by atoms with van der Waals surface area (Å²) in [6.45, 7) is 9.94. The summed E-state index contributed by atoms with van der Waals surface area (Å²) < 4.78 is 8.95. The second-order valence-electron chi connectivity index (χ2n) is 11.7. The number of pyridine rings is 1. The molecule has 1 aliphatic rings. The number of aryl methyl sites for hydroxylation is 1. The number of nitrogens with one attached hydrogen (secondary N) is 1. The van der Waals surface area contributed by atoms with Gasteiger partial charge >= 0.3 is 5.97 Å². The zero-order valence-electron chi connectivity index (χ0n) is 23.9. The molecule has 8 heteroatoms. The SMILES string of the molecule is Cc1c(NC(=O)C(C)OC(=O)c2c3c(nc4ccccc24)CCC(C(C)(C)C)C3)c(=O)n(-c2ccccc2)n1C. The van der Waals surface area contributed by atoms with Gasteiger partial charge in [0.15, 0.2) is 6.10 Å². The van der Waals surface area contributed by atoms with Gasteiger partial charge in [-0.15, -0.1) is 0 Å². The van der Waals surface area contributed by atoms with E-state index in [1.807, 2.05) is 54.6 Å². The van der Waals surface area contributed by atoms with Gasteiger partial charge in [0, 0.05) is 18.1 Å². The molecule has 1 aliphatic carbocycles. The number of anilines is 1. The van der Waals surface area contributed by atoms with E-state index < -0.39 is 18.0 Å². The van der Waals surface area contributed by atoms with Crippen LogP contribution in [0.4, 0.5) is 5.69 Å². The van der Waals surface area contributed by atoms with Crippen LogP contribution in [-0.2, 0) is 29.4 Å². The Balaban J connectivity index is 1.43. The van der Waals surface area contributed by atoms with E-state index in [4.69, 9.17) is 9.72 Å². The third kappa shape index (κ3) is 4.94. The highest BCUT2D eigenvalue weighted by molar-refractivity contribution is 6.06. The Morgan fingerprint density at radius 3 is 2.45 bits per heavy atom. The van der Waals surface area contributed by atoms with Crippen molar-refractivity contribution in [3.63, 3.8) is 0 Å². The van der Waals surface area contributed by atoms with Crippen LogP contribution in [0.15, 0.2) is 59.4 Å². The minimum atomic E-state index is -1.12. The second-order valence-corrected chi connectivity index (χ2v) is 11.7. The molecule has 1 N–H and O–H groups in total. The topological polar surface area (TPSA) is 95.2 Å². The number of hydrogen-bond acceptors (Lipinski definition) is 5. The Kier molecular flexibility index (Phi) is 7.12. The van der Waals surface area contributed by atoms with Crippen LogP contribution in [-0.4, -0.2) is 32.3 Å². The van der Waals surface area contributed by atoms with Gasteiger partial charge in [0.05, 0.1) is 22.5 Å². The molecule has 0 saturated carbocycles. The lowest BCUT2D eigenvalue weighted by molar-refractivity contribution is -0.123. The number of hydrogen-bond donors (Lipinski definition) is 1. The van der Waals surface area contributed by atoms with Crippen LogP contribution < -0.4 is 10.9 Å². The molecular weight excluding hydrogens is 504 g/mol. The predicted molar refractivity (Wildman–Crippen MR) is 156 cm³/mol. The fraction of sp³-hybridized carbons (Fsp3) is 0.375. The summed E-state index contributed by atoms with van der Waals surface area (Å²) in [4.78, 5) is 45.1. The van der Waals surface area contributed by atoms with E-state index in [-0.39, 0.29) is 16.7 Å². The third-order valence-electron chi connectivity index (χ3n) is 8.14. The Morgan fingerprint density at radius 1 is 1.07 bits per heavy atom. The number of carbonyl (C=O) groups is 2. The van der Waals surface area contributed by atoms with E-state index in [1.165, 1.54) is 11.6 Å². The number of para-hydroxylation sites is 2. The van der Waals surface area contributed by atoms with Gasteiger partial charge in [-0.1, -0.05) is 57.2 Å². The Morgan fingerprint density at radius 2 is 1.75 bits per heavy atom. The summed E-state index contributed by atoms with van der Waals surface area (Å²) in [6.07, 6.45) is 1.40. The second kappa shape index (κ2) is 10.4. The molecule has 0 saturated heterocycles. The Hall–Kier alpha value is -4.20. The van der Waals surface area contributed by atoms with E-state index in [0.29, 0.717) is 22.9 Å². The maximum absolute atomic E-state index is 13.7. The molecule has 2 atom stereocenters. The first kappa shape index (κ1) is 27.4. The Labute approximate surface area is 234 Å². The molecule has 0 aliphatic heterocycles. The molecule has 0 bridgehead atoms. The van der Waals surface area contributed by atoms with Gasteiger partial charge in [0.25, 0.3) is 11.5 Å². The van der Waals surface area contributed by atoms with Crippen LogP contribution in [0, 0.1) is 18.3 Å². The summed E-state index contributed by atoms with van der Waals surface area (Å²) in [5.41, 5.74) is 4.19. The average molecular weight is 541 g/mol. The predicted octanol–water partition coefficient (Wildman–Crippen LogP) is 5.37. The van der Waals surface area contributed by atoms with Crippen molar-refractivity contribution < 1.29 is 14.3 Å². The van der Waals surface area contributed by atoms with Gasteiger partial charge in [-0.2, -0.15) is 0 Å². The number of fused-ring (bicyclic) bond motifs is 2. The molecule has 8 nitrogen and oxygen atoms in total. The summed E-state index contributed by atoms with van der Waals surface area (Å²) >= 11 is 0. The number of esters is 1. The number of aromatic nitrogens is 3. The number of carbonyl (C=O) groups excluding carboxylic acids is 2. The minimum Gasteiger partial charge on any atom is -0.449 e. The first-order valence-electron chi connectivity index (χ1n) is 13.7. The smallest absolute Gasteiger partial charge is 0.339 e. The molecule has 2 aromatic heterocycles. The standard InChI is InChI=1S/C32H36N4O4/c1-19-28(30(38)36(35(19)6)22-12-8-7-9-13-22)34-29(37)20(2)40-31(39)27-23-14-10-11-15-25(23)33-26-17-16-21(18-24(26)27)32(3,4)5/h7-15,20-21H,16-18H2,1-6H3,(H,34,37). The molecule has 0 spiro atoms. The molecule has 1 amide bonds. The van der Waals surface area contributed by atoms with Gasteiger partial charge in [-0.25, -0.2) is 9.48 Å². The van der Waals surface area contributed by atoms with Gasteiger partial charge in [-0.05, 0) is 68.2 Å². The first-order chi connectivity index (χ1) is 19.0. The molecule has 5 rings (SSSR count). The number of nitrogens with zero attached hydrogens (tertiary/aromatic N) is 3. The van der Waals surface area contributed by atoms with Gasteiger partial charge in [0.2, 0.25) is 0 Å². The molecule has 4 aromatic rings. The van der Waals surface area contributed by atoms with Crippen LogP contribution in [0.2, 0.25) is 0 Å². The number of ether oxygens (including phenoxy) is 1. The molecule has 2 heterocycles. The molecule has 40 heavy (non-hydrogen) atoms. The van der Waals surface area contributed by atoms with E-state index in [2.05, 4.69) is 26.1 Å². The number of rotatable bonds is 5. The largest absolute Gasteiger partial charge is 0.449 e. The highest BCUT2D eigenvalue weighted by Gasteiger charge is 2.34. The summed E-state index contributed by atoms with van der Waals surface area (Å²) in [5.74, 6) is -0.735. The van der Waals surface area contributed by atoms with Crippen molar-refractivity contribution in [1.29, 1.82) is 0 Å². The summed E-state index contributed by atoms with van der Waals surface area (Å²) in [7, 11) is 1.76. The van der Waals surface area contributed by atoms with Gasteiger partial charge in [0.1, 0.15) is 5.69 Å². The summed E-state index contributed by atoms with van der Waals surface area (Å²) in [6, 6.07) is 16.8. The normalized spacial score (nSPS) is 15.9.